The number of rotatable bonds is 23. The Morgan fingerprint density at radius 1 is 0.732 bits per heavy atom. The molecule has 2 amide bonds. The fourth-order valence-corrected chi connectivity index (χ4v) is 3.33. The summed E-state index contributed by atoms with van der Waals surface area (Å²) in [6.07, 6.45) is 35.6. The van der Waals surface area contributed by atoms with Crippen LogP contribution >= 0.6 is 0 Å². The summed E-state index contributed by atoms with van der Waals surface area (Å²) >= 11 is 0. The van der Waals surface area contributed by atoms with Crippen LogP contribution in [0.5, 0.6) is 0 Å². The standard InChI is InChI=1S/C33H48N2O6/c1-3-4-5-6-7-8-9-10-11-12-13-14-15-16-17-18-19-20-21-25-30(36)34-28-23-22-24-29(33(39)40)35-31(37)26-27-32(38)41-2/h4-5,7-8,10-11,13-14,16-17,19-20,26-27,29H,3,6,9,12,15,18,21-25,28H2,1-2H3,(H,34,36)(H,35,37)(H,39,40)/b5-4-,8-7-,11-10-,14-13-,17-16-,20-19-,27-26+/t29-/m0/s1. The quantitative estimate of drug-likeness (QED) is 0.0597. The van der Waals surface area contributed by atoms with Crippen molar-refractivity contribution in [2.24, 2.45) is 0 Å². The predicted molar refractivity (Wildman–Crippen MR) is 165 cm³/mol. The average molecular weight is 569 g/mol. The number of ether oxygens (including phenoxy) is 1. The van der Waals surface area contributed by atoms with Gasteiger partial charge in [0, 0.05) is 25.1 Å². The molecule has 0 aliphatic rings. The Labute approximate surface area is 245 Å². The molecule has 3 N–H and O–H groups in total. The van der Waals surface area contributed by atoms with Crippen LogP contribution in [-0.2, 0) is 23.9 Å². The van der Waals surface area contributed by atoms with Gasteiger partial charge in [0.2, 0.25) is 11.8 Å². The fourth-order valence-electron chi connectivity index (χ4n) is 3.33. The smallest absolute Gasteiger partial charge is 0.330 e. The Hall–Kier alpha value is -3.94. The summed E-state index contributed by atoms with van der Waals surface area (Å²) in [5.41, 5.74) is 0. The molecule has 0 aliphatic carbocycles. The minimum absolute atomic E-state index is 0.0550. The Balaban J connectivity index is 3.85. The number of unbranched alkanes of at least 4 members (excludes halogenated alkanes) is 1. The van der Waals surface area contributed by atoms with E-state index in [1.807, 2.05) is 12.2 Å². The second-order valence-corrected chi connectivity index (χ2v) is 9.06. The van der Waals surface area contributed by atoms with Gasteiger partial charge in [0.25, 0.3) is 0 Å². The molecule has 0 aliphatic heterocycles. The monoisotopic (exact) mass is 568 g/mol. The molecule has 0 unspecified atom stereocenters. The molecule has 0 rings (SSSR count). The van der Waals surface area contributed by atoms with E-state index >= 15 is 0 Å². The van der Waals surface area contributed by atoms with E-state index in [9.17, 15) is 24.3 Å². The molecule has 0 bridgehead atoms. The molecule has 0 fully saturated rings. The molecule has 0 radical (unpaired) electrons. The Morgan fingerprint density at radius 3 is 1.73 bits per heavy atom. The number of carbonyl (C=O) groups excluding carboxylic acids is 3. The van der Waals surface area contributed by atoms with Crippen molar-refractivity contribution >= 4 is 23.8 Å². The zero-order valence-corrected chi connectivity index (χ0v) is 24.6. The van der Waals surface area contributed by atoms with E-state index in [1.54, 1.807) is 0 Å². The van der Waals surface area contributed by atoms with Crippen LogP contribution < -0.4 is 10.6 Å². The number of methoxy groups -OCH3 is 1. The van der Waals surface area contributed by atoms with Gasteiger partial charge in [-0.3, -0.25) is 9.59 Å². The van der Waals surface area contributed by atoms with Crippen LogP contribution in [0.3, 0.4) is 0 Å². The van der Waals surface area contributed by atoms with Crippen LogP contribution in [0, 0.1) is 0 Å². The first-order valence-electron chi connectivity index (χ1n) is 14.4. The van der Waals surface area contributed by atoms with E-state index in [1.165, 1.54) is 7.11 Å². The maximum atomic E-state index is 12.0. The molecular formula is C33H48N2O6. The normalized spacial score (nSPS) is 13.0. The molecule has 0 saturated carbocycles. The third kappa shape index (κ3) is 26.1. The zero-order chi connectivity index (χ0) is 30.4. The highest BCUT2D eigenvalue weighted by Gasteiger charge is 2.18. The molecular weight excluding hydrogens is 520 g/mol. The lowest BCUT2D eigenvalue weighted by molar-refractivity contribution is -0.141. The molecule has 0 spiro atoms. The minimum atomic E-state index is -1.16. The Kier molecular flexibility index (Phi) is 25.0. The Bertz CT molecular complexity index is 957. The molecule has 0 saturated heterocycles. The van der Waals surface area contributed by atoms with Gasteiger partial charge in [-0.05, 0) is 64.2 Å². The van der Waals surface area contributed by atoms with Crippen LogP contribution in [0.25, 0.3) is 0 Å². The average Bonchev–Trinajstić information content (AvgIpc) is 2.96. The number of hydrogen-bond donors (Lipinski definition) is 3. The summed E-state index contributed by atoms with van der Waals surface area (Å²) in [7, 11) is 1.18. The van der Waals surface area contributed by atoms with Crippen LogP contribution in [0.1, 0.15) is 77.6 Å². The van der Waals surface area contributed by atoms with Crippen molar-refractivity contribution in [2.75, 3.05) is 13.7 Å². The lowest BCUT2D eigenvalue weighted by Gasteiger charge is -2.13. The maximum absolute atomic E-state index is 12.0. The number of carboxylic acids is 1. The van der Waals surface area contributed by atoms with E-state index < -0.39 is 23.9 Å². The lowest BCUT2D eigenvalue weighted by Crippen LogP contribution is -2.40. The van der Waals surface area contributed by atoms with Crippen molar-refractivity contribution in [3.8, 4) is 0 Å². The highest BCUT2D eigenvalue weighted by atomic mass is 16.5. The zero-order valence-electron chi connectivity index (χ0n) is 24.6. The molecule has 226 valence electrons. The third-order valence-corrected chi connectivity index (χ3v) is 5.56. The topological polar surface area (TPSA) is 122 Å². The number of nitrogens with one attached hydrogen (secondary N) is 2. The van der Waals surface area contributed by atoms with Crippen molar-refractivity contribution in [2.45, 2.75) is 83.6 Å². The van der Waals surface area contributed by atoms with E-state index in [2.05, 4.69) is 83.1 Å². The summed E-state index contributed by atoms with van der Waals surface area (Å²) in [4.78, 5) is 46.0. The van der Waals surface area contributed by atoms with Gasteiger partial charge < -0.3 is 20.5 Å². The summed E-state index contributed by atoms with van der Waals surface area (Å²) in [5.74, 6) is -2.61. The van der Waals surface area contributed by atoms with Gasteiger partial charge in [0.15, 0.2) is 0 Å². The largest absolute Gasteiger partial charge is 0.480 e. The van der Waals surface area contributed by atoms with Crippen LogP contribution in [-0.4, -0.2) is 48.6 Å². The van der Waals surface area contributed by atoms with Gasteiger partial charge in [0.05, 0.1) is 7.11 Å². The van der Waals surface area contributed by atoms with Gasteiger partial charge in [-0.15, -0.1) is 0 Å². The lowest BCUT2D eigenvalue weighted by atomic mass is 10.1. The SMILES string of the molecule is CC/C=C\C/C=C\C/C=C\C/C=C\C/C=C\C/C=C\CCC(=O)NCCCC[C@H](NC(=O)/C=C/C(=O)OC)C(=O)O. The summed E-state index contributed by atoms with van der Waals surface area (Å²) in [6, 6.07) is -1.08. The predicted octanol–water partition coefficient (Wildman–Crippen LogP) is 6.05. The molecule has 0 aromatic carbocycles. The minimum Gasteiger partial charge on any atom is -0.480 e. The molecule has 8 heteroatoms. The maximum Gasteiger partial charge on any atom is 0.330 e. The Morgan fingerprint density at radius 2 is 1.24 bits per heavy atom. The highest BCUT2D eigenvalue weighted by molar-refractivity contribution is 5.96. The second-order valence-electron chi connectivity index (χ2n) is 9.06. The first kappa shape index (κ1) is 37.1. The van der Waals surface area contributed by atoms with E-state index in [-0.39, 0.29) is 12.3 Å². The van der Waals surface area contributed by atoms with Crippen molar-refractivity contribution in [3.63, 3.8) is 0 Å². The van der Waals surface area contributed by atoms with Crippen LogP contribution in [0.2, 0.25) is 0 Å². The summed E-state index contributed by atoms with van der Waals surface area (Å²) in [5, 5.41) is 14.4. The number of carboxylic acid groups (broad SMARTS) is 1. The molecule has 41 heavy (non-hydrogen) atoms. The molecule has 0 aromatic rings. The highest BCUT2D eigenvalue weighted by Crippen LogP contribution is 2.02. The first-order chi connectivity index (χ1) is 19.9. The van der Waals surface area contributed by atoms with Gasteiger partial charge in [-0.2, -0.15) is 0 Å². The van der Waals surface area contributed by atoms with Crippen molar-refractivity contribution < 1.29 is 29.0 Å². The molecule has 0 heterocycles. The summed E-state index contributed by atoms with van der Waals surface area (Å²) in [6.45, 7) is 2.57. The number of aliphatic carboxylic acids is 1. The number of esters is 1. The van der Waals surface area contributed by atoms with Crippen molar-refractivity contribution in [1.82, 2.24) is 10.6 Å². The van der Waals surface area contributed by atoms with E-state index in [4.69, 9.17) is 0 Å². The summed E-state index contributed by atoms with van der Waals surface area (Å²) < 4.78 is 4.38. The van der Waals surface area contributed by atoms with Gasteiger partial charge in [0.1, 0.15) is 6.04 Å². The van der Waals surface area contributed by atoms with E-state index in [0.717, 1.165) is 50.7 Å². The molecule has 0 aromatic heterocycles. The fraction of sp³-hybridized carbons (Fsp3) is 0.455. The van der Waals surface area contributed by atoms with Crippen LogP contribution in [0.4, 0.5) is 0 Å². The number of amides is 2. The van der Waals surface area contributed by atoms with Gasteiger partial charge >= 0.3 is 11.9 Å². The van der Waals surface area contributed by atoms with E-state index in [0.29, 0.717) is 32.2 Å². The number of allylic oxidation sites excluding steroid dienone is 12. The number of hydrogen-bond acceptors (Lipinski definition) is 5. The van der Waals surface area contributed by atoms with Crippen LogP contribution in [0.15, 0.2) is 85.1 Å². The third-order valence-electron chi connectivity index (χ3n) is 5.56. The second kappa shape index (κ2) is 27.6. The number of carbonyl (C=O) groups is 4. The first-order valence-corrected chi connectivity index (χ1v) is 14.4. The molecule has 1 atom stereocenters. The van der Waals surface area contributed by atoms with Gasteiger partial charge in [-0.25, -0.2) is 9.59 Å². The van der Waals surface area contributed by atoms with Gasteiger partial charge in [-0.1, -0.05) is 79.8 Å². The molecule has 8 nitrogen and oxygen atoms in total. The van der Waals surface area contributed by atoms with Crippen molar-refractivity contribution in [3.05, 3.63) is 85.1 Å². The van der Waals surface area contributed by atoms with Crippen molar-refractivity contribution in [1.29, 1.82) is 0 Å².